The second-order valence-electron chi connectivity index (χ2n) is 5.48. The van der Waals surface area contributed by atoms with Crippen molar-refractivity contribution in [3.8, 4) is 5.75 Å². The molecule has 4 heterocycles. The van der Waals surface area contributed by atoms with Gasteiger partial charge in [0.15, 0.2) is 5.65 Å². The third kappa shape index (κ3) is 2.57. The summed E-state index contributed by atoms with van der Waals surface area (Å²) in [6.07, 6.45) is 7.62. The number of fused-ring (bicyclic) bond motifs is 1. The molecule has 8 heteroatoms. The number of ether oxygens (including phenoxy) is 1. The second-order valence-corrected chi connectivity index (χ2v) is 5.89. The van der Waals surface area contributed by atoms with Gasteiger partial charge in [0.05, 0.1) is 18.1 Å². The van der Waals surface area contributed by atoms with Gasteiger partial charge in [0.1, 0.15) is 29.0 Å². The van der Waals surface area contributed by atoms with Crippen molar-refractivity contribution in [2.75, 3.05) is 18.0 Å². The first kappa shape index (κ1) is 14.2. The van der Waals surface area contributed by atoms with Gasteiger partial charge in [-0.2, -0.15) is 5.10 Å². The quantitative estimate of drug-likeness (QED) is 0.732. The van der Waals surface area contributed by atoms with E-state index in [-0.39, 0.29) is 6.10 Å². The average Bonchev–Trinajstić information content (AvgIpc) is 3.17. The minimum atomic E-state index is 0.0663. The minimum Gasteiger partial charge on any atom is -0.487 e. The molecule has 1 aliphatic rings. The highest BCUT2D eigenvalue weighted by atomic mass is 35.5. The normalized spacial score (nSPS) is 17.8. The molecule has 118 valence electrons. The van der Waals surface area contributed by atoms with Crippen molar-refractivity contribution in [1.82, 2.24) is 24.7 Å². The number of anilines is 1. The van der Waals surface area contributed by atoms with Crippen molar-refractivity contribution in [3.63, 3.8) is 0 Å². The van der Waals surface area contributed by atoms with Crippen LogP contribution in [0.3, 0.4) is 0 Å². The van der Waals surface area contributed by atoms with Gasteiger partial charge in [-0.05, 0) is 0 Å². The first-order valence-electron chi connectivity index (χ1n) is 7.36. The number of rotatable bonds is 3. The summed E-state index contributed by atoms with van der Waals surface area (Å²) in [5, 5.41) is 5.74. The Kier molecular flexibility index (Phi) is 3.49. The van der Waals surface area contributed by atoms with Crippen LogP contribution in [0.2, 0.25) is 5.02 Å². The average molecular weight is 331 g/mol. The van der Waals surface area contributed by atoms with Gasteiger partial charge >= 0.3 is 0 Å². The minimum absolute atomic E-state index is 0.0663. The molecule has 0 N–H and O–H groups in total. The molecular weight excluding hydrogens is 316 g/mol. The molecule has 1 fully saturated rings. The maximum atomic E-state index is 6.10. The van der Waals surface area contributed by atoms with E-state index in [0.29, 0.717) is 10.8 Å². The molecule has 1 atom stereocenters. The van der Waals surface area contributed by atoms with E-state index >= 15 is 0 Å². The smallest absolute Gasteiger partial charge is 0.163 e. The first-order chi connectivity index (χ1) is 11.2. The molecule has 3 aromatic heterocycles. The van der Waals surface area contributed by atoms with Gasteiger partial charge in [0.2, 0.25) is 0 Å². The Morgan fingerprint density at radius 3 is 3.09 bits per heavy atom. The zero-order valence-corrected chi connectivity index (χ0v) is 13.3. The van der Waals surface area contributed by atoms with Crippen molar-refractivity contribution >= 4 is 28.5 Å². The molecule has 4 rings (SSSR count). The highest BCUT2D eigenvalue weighted by molar-refractivity contribution is 6.31. The van der Waals surface area contributed by atoms with Gasteiger partial charge in [0, 0.05) is 38.5 Å². The summed E-state index contributed by atoms with van der Waals surface area (Å²) >= 11 is 6.10. The summed E-state index contributed by atoms with van der Waals surface area (Å²) in [4.78, 5) is 14.9. The Morgan fingerprint density at radius 2 is 2.22 bits per heavy atom. The molecule has 0 spiro atoms. The maximum Gasteiger partial charge on any atom is 0.163 e. The number of nitrogens with zero attached hydrogens (tertiary/aromatic N) is 6. The van der Waals surface area contributed by atoms with Crippen LogP contribution in [0.1, 0.15) is 6.42 Å². The van der Waals surface area contributed by atoms with Crippen LogP contribution in [0.5, 0.6) is 5.75 Å². The van der Waals surface area contributed by atoms with Crippen LogP contribution < -0.4 is 9.64 Å². The Balaban J connectivity index is 1.55. The first-order valence-corrected chi connectivity index (χ1v) is 7.74. The third-order valence-corrected chi connectivity index (χ3v) is 4.27. The Morgan fingerprint density at radius 1 is 1.30 bits per heavy atom. The SMILES string of the molecule is Cn1ncc2c(N3CCC(Oc4ccncc4Cl)C3)ncnc21. The van der Waals surface area contributed by atoms with Gasteiger partial charge in [-0.1, -0.05) is 11.6 Å². The van der Waals surface area contributed by atoms with Crippen molar-refractivity contribution in [3.05, 3.63) is 36.0 Å². The molecule has 7 nitrogen and oxygen atoms in total. The number of aromatic nitrogens is 5. The fraction of sp³-hybridized carbons (Fsp3) is 0.333. The van der Waals surface area contributed by atoms with Crippen LogP contribution in [-0.2, 0) is 7.05 Å². The molecule has 0 aliphatic carbocycles. The number of pyridine rings is 1. The third-order valence-electron chi connectivity index (χ3n) is 3.98. The Bertz CT molecular complexity index is 851. The summed E-state index contributed by atoms with van der Waals surface area (Å²) in [5.41, 5.74) is 0.830. The molecule has 1 aliphatic heterocycles. The Hall–Kier alpha value is -2.41. The van der Waals surface area contributed by atoms with Crippen LogP contribution >= 0.6 is 11.6 Å². The van der Waals surface area contributed by atoms with Gasteiger partial charge < -0.3 is 9.64 Å². The predicted octanol–water partition coefficient (Wildman–Crippen LogP) is 2.07. The predicted molar refractivity (Wildman–Crippen MR) is 86.8 cm³/mol. The summed E-state index contributed by atoms with van der Waals surface area (Å²) < 4.78 is 7.75. The zero-order valence-electron chi connectivity index (χ0n) is 12.6. The van der Waals surface area contributed by atoms with Crippen molar-refractivity contribution in [1.29, 1.82) is 0 Å². The second kappa shape index (κ2) is 5.66. The van der Waals surface area contributed by atoms with Crippen LogP contribution in [-0.4, -0.2) is 43.9 Å². The molecule has 1 saturated heterocycles. The maximum absolute atomic E-state index is 6.10. The largest absolute Gasteiger partial charge is 0.487 e. The molecule has 0 saturated carbocycles. The fourth-order valence-corrected chi connectivity index (χ4v) is 3.02. The van der Waals surface area contributed by atoms with Crippen molar-refractivity contribution < 1.29 is 4.74 Å². The van der Waals surface area contributed by atoms with E-state index in [1.807, 2.05) is 7.05 Å². The van der Waals surface area contributed by atoms with E-state index in [0.717, 1.165) is 36.4 Å². The number of hydrogen-bond donors (Lipinski definition) is 0. The highest BCUT2D eigenvalue weighted by Crippen LogP contribution is 2.29. The summed E-state index contributed by atoms with van der Waals surface area (Å²) in [6, 6.07) is 1.79. The molecule has 0 bridgehead atoms. The van der Waals surface area contributed by atoms with E-state index in [1.54, 1.807) is 35.7 Å². The summed E-state index contributed by atoms with van der Waals surface area (Å²) in [6.45, 7) is 1.62. The van der Waals surface area contributed by atoms with E-state index < -0.39 is 0 Å². The molecule has 0 amide bonds. The molecule has 0 radical (unpaired) electrons. The van der Waals surface area contributed by atoms with Crippen LogP contribution in [0, 0.1) is 0 Å². The van der Waals surface area contributed by atoms with Gasteiger partial charge in [-0.25, -0.2) is 9.97 Å². The van der Waals surface area contributed by atoms with Crippen LogP contribution in [0.25, 0.3) is 11.0 Å². The lowest BCUT2D eigenvalue weighted by atomic mass is 10.3. The monoisotopic (exact) mass is 330 g/mol. The number of halogens is 1. The van der Waals surface area contributed by atoms with Gasteiger partial charge in [-0.3, -0.25) is 9.67 Å². The van der Waals surface area contributed by atoms with Crippen LogP contribution in [0.15, 0.2) is 31.0 Å². The van der Waals surface area contributed by atoms with E-state index in [4.69, 9.17) is 16.3 Å². The van der Waals surface area contributed by atoms with Crippen molar-refractivity contribution in [2.24, 2.45) is 7.05 Å². The van der Waals surface area contributed by atoms with Crippen molar-refractivity contribution in [2.45, 2.75) is 12.5 Å². The standard InChI is InChI=1S/C15H15ClN6O/c1-21-14-11(6-20-21)15(19-9-18-14)22-5-3-10(8-22)23-13-2-4-17-7-12(13)16/h2,4,6-7,9-10H,3,5,8H2,1H3. The zero-order chi connectivity index (χ0) is 15.8. The highest BCUT2D eigenvalue weighted by Gasteiger charge is 2.27. The lowest BCUT2D eigenvalue weighted by Gasteiger charge is -2.18. The molecule has 0 aromatic carbocycles. The molecule has 3 aromatic rings. The number of hydrogen-bond acceptors (Lipinski definition) is 6. The van der Waals surface area contributed by atoms with Crippen LogP contribution in [0.4, 0.5) is 5.82 Å². The molecular formula is C15H15ClN6O. The molecule has 23 heavy (non-hydrogen) atoms. The Labute approximate surface area is 137 Å². The summed E-state index contributed by atoms with van der Waals surface area (Å²) in [7, 11) is 1.88. The van der Waals surface area contributed by atoms with Gasteiger partial charge in [0.25, 0.3) is 0 Å². The van der Waals surface area contributed by atoms with Gasteiger partial charge in [-0.15, -0.1) is 0 Å². The van der Waals surface area contributed by atoms with E-state index in [9.17, 15) is 0 Å². The topological polar surface area (TPSA) is 69.0 Å². The fourth-order valence-electron chi connectivity index (χ4n) is 2.86. The lowest BCUT2D eigenvalue weighted by Crippen LogP contribution is -2.25. The van der Waals surface area contributed by atoms with E-state index in [2.05, 4.69) is 25.0 Å². The lowest BCUT2D eigenvalue weighted by molar-refractivity contribution is 0.225. The summed E-state index contributed by atoms with van der Waals surface area (Å²) in [5.74, 6) is 1.57. The number of aryl methyl sites for hydroxylation is 1. The molecule has 1 unspecified atom stereocenters. The van der Waals surface area contributed by atoms with E-state index in [1.165, 1.54) is 0 Å².